The van der Waals surface area contributed by atoms with E-state index in [9.17, 15) is 20.4 Å². The van der Waals surface area contributed by atoms with E-state index in [1.807, 2.05) is 0 Å². The van der Waals surface area contributed by atoms with E-state index < -0.39 is 36.9 Å². The van der Waals surface area contributed by atoms with E-state index >= 15 is 0 Å². The topological polar surface area (TPSA) is 123 Å². The summed E-state index contributed by atoms with van der Waals surface area (Å²) in [6.45, 7) is -0.618. The van der Waals surface area contributed by atoms with Crippen LogP contribution in [0.4, 0.5) is 0 Å². The summed E-state index contributed by atoms with van der Waals surface area (Å²) in [5.41, 5.74) is -2.47. The van der Waals surface area contributed by atoms with Crippen molar-refractivity contribution in [1.29, 1.82) is 0 Å². The highest BCUT2D eigenvalue weighted by Crippen LogP contribution is 2.29. The number of ether oxygens (including phenoxy) is 1. The number of hydrogen-bond donors (Lipinski definition) is 5. The molecule has 0 radical (unpaired) electrons. The van der Waals surface area contributed by atoms with Crippen molar-refractivity contribution in [3.05, 3.63) is 0 Å². The van der Waals surface area contributed by atoms with Crippen LogP contribution in [-0.2, 0) is 4.74 Å². The number of nitrogens with zero attached hydrogens (tertiary/aromatic N) is 1. The predicted molar refractivity (Wildman–Crippen MR) is 50.0 cm³/mol. The van der Waals surface area contributed by atoms with Gasteiger partial charge in [-0.3, -0.25) is 0 Å². The molecule has 1 fully saturated rings. The smallest absolute Gasteiger partial charge is 0.245 e. The largest absolute Gasteiger partial charge is 0.394 e. The second-order valence-corrected chi connectivity index (χ2v) is 3.31. The van der Waals surface area contributed by atoms with Gasteiger partial charge in [-0.25, -0.2) is 0 Å². The Hall–Kier alpha value is -0.440. The van der Waals surface area contributed by atoms with E-state index in [-0.39, 0.29) is 0 Å². The average molecular weight is 237 g/mol. The van der Waals surface area contributed by atoms with E-state index in [0.717, 1.165) is 0 Å². The number of aliphatic hydroxyl groups excluding tert-OH is 4. The lowest BCUT2D eigenvalue weighted by Crippen LogP contribution is -2.65. The third kappa shape index (κ3) is 2.07. The molecule has 5 atom stereocenters. The first-order valence-electron chi connectivity index (χ1n) is 4.09. The fourth-order valence-corrected chi connectivity index (χ4v) is 1.44. The minimum atomic E-state index is -2.47. The number of thiocarbonyl (C=S) groups is 1. The van der Waals surface area contributed by atoms with Crippen molar-refractivity contribution in [3.63, 3.8) is 0 Å². The SMILES string of the molecule is OC[C@H]1OC(O)[C@@](O)(N=C=S)[C@@H](O)[C@@H]1O. The lowest BCUT2D eigenvalue weighted by molar-refractivity contribution is -0.326. The molecule has 0 aromatic carbocycles. The summed E-state index contributed by atoms with van der Waals surface area (Å²) in [4.78, 5) is 3.15. The van der Waals surface area contributed by atoms with Crippen LogP contribution in [0.2, 0.25) is 0 Å². The van der Waals surface area contributed by atoms with Crippen LogP contribution in [-0.4, -0.2) is 67.6 Å². The summed E-state index contributed by atoms with van der Waals surface area (Å²) in [5, 5.41) is 48.3. The van der Waals surface area contributed by atoms with Crippen molar-refractivity contribution in [2.45, 2.75) is 30.3 Å². The Labute approximate surface area is 90.3 Å². The Morgan fingerprint density at radius 1 is 1.40 bits per heavy atom. The summed E-state index contributed by atoms with van der Waals surface area (Å²) < 4.78 is 4.65. The quantitative estimate of drug-likeness (QED) is 0.260. The minimum Gasteiger partial charge on any atom is -0.394 e. The molecule has 1 saturated heterocycles. The molecule has 1 aliphatic heterocycles. The highest BCUT2D eigenvalue weighted by Gasteiger charge is 2.54. The van der Waals surface area contributed by atoms with Gasteiger partial charge in [-0.1, -0.05) is 0 Å². The molecule has 0 spiro atoms. The first kappa shape index (κ1) is 12.6. The molecule has 7 nitrogen and oxygen atoms in total. The highest BCUT2D eigenvalue weighted by atomic mass is 32.1. The van der Waals surface area contributed by atoms with Crippen molar-refractivity contribution in [2.75, 3.05) is 6.61 Å². The zero-order valence-electron chi connectivity index (χ0n) is 7.52. The third-order valence-electron chi connectivity index (χ3n) is 2.21. The second kappa shape index (κ2) is 4.60. The number of rotatable bonds is 2. The van der Waals surface area contributed by atoms with Crippen LogP contribution in [0.15, 0.2) is 4.99 Å². The highest BCUT2D eigenvalue weighted by molar-refractivity contribution is 7.78. The van der Waals surface area contributed by atoms with Crippen LogP contribution in [0.1, 0.15) is 0 Å². The molecule has 86 valence electrons. The minimum absolute atomic E-state index is 0.618. The van der Waals surface area contributed by atoms with E-state index in [0.29, 0.717) is 0 Å². The molecule has 1 aliphatic rings. The maximum absolute atomic E-state index is 9.63. The van der Waals surface area contributed by atoms with Crippen molar-refractivity contribution in [2.24, 2.45) is 4.99 Å². The fraction of sp³-hybridized carbons (Fsp3) is 0.857. The molecular weight excluding hydrogens is 226 g/mol. The zero-order chi connectivity index (χ0) is 11.6. The van der Waals surface area contributed by atoms with Gasteiger partial charge in [0.1, 0.15) is 18.3 Å². The maximum atomic E-state index is 9.63. The van der Waals surface area contributed by atoms with Gasteiger partial charge in [-0.15, -0.1) is 0 Å². The lowest BCUT2D eigenvalue weighted by Gasteiger charge is -2.42. The van der Waals surface area contributed by atoms with Crippen molar-refractivity contribution >= 4 is 17.4 Å². The molecule has 0 bridgehead atoms. The molecule has 1 rings (SSSR count). The van der Waals surface area contributed by atoms with E-state index in [4.69, 9.17) is 5.11 Å². The Bertz CT molecular complexity index is 283. The van der Waals surface area contributed by atoms with E-state index in [1.165, 1.54) is 0 Å². The van der Waals surface area contributed by atoms with Crippen LogP contribution in [0.3, 0.4) is 0 Å². The van der Waals surface area contributed by atoms with Gasteiger partial charge in [0.25, 0.3) is 0 Å². The normalized spacial score (nSPS) is 45.9. The maximum Gasteiger partial charge on any atom is 0.245 e. The molecule has 1 heterocycles. The standard InChI is InChI=1S/C7H11NO6S/c9-1-3-4(10)5(11)7(13,8-2-15)6(12)14-3/h3-6,9-13H,1H2/t3-,4-,5+,6?,7-/m1/s1. The van der Waals surface area contributed by atoms with Crippen LogP contribution >= 0.6 is 12.2 Å². The summed E-state index contributed by atoms with van der Waals surface area (Å²) in [6.07, 6.45) is -6.51. The van der Waals surface area contributed by atoms with E-state index in [2.05, 4.69) is 21.9 Å². The van der Waals surface area contributed by atoms with E-state index in [1.54, 1.807) is 5.16 Å². The Morgan fingerprint density at radius 3 is 2.47 bits per heavy atom. The van der Waals surface area contributed by atoms with Gasteiger partial charge in [0, 0.05) is 0 Å². The Balaban J connectivity index is 2.97. The average Bonchev–Trinajstić information content (AvgIpc) is 2.21. The summed E-state index contributed by atoms with van der Waals surface area (Å²) in [7, 11) is 0. The molecule has 15 heavy (non-hydrogen) atoms. The van der Waals surface area contributed by atoms with Crippen molar-refractivity contribution in [1.82, 2.24) is 0 Å². The van der Waals surface area contributed by atoms with Gasteiger partial charge < -0.3 is 30.3 Å². The molecule has 0 aliphatic carbocycles. The van der Waals surface area contributed by atoms with Gasteiger partial charge in [-0.05, 0) is 12.2 Å². The molecule has 1 unspecified atom stereocenters. The molecule has 0 amide bonds. The van der Waals surface area contributed by atoms with Gasteiger partial charge in [0.2, 0.25) is 12.0 Å². The molecule has 0 aromatic rings. The van der Waals surface area contributed by atoms with Gasteiger partial charge in [0.15, 0.2) is 0 Å². The predicted octanol–water partition coefficient (Wildman–Crippen LogP) is -2.79. The van der Waals surface area contributed by atoms with Gasteiger partial charge >= 0.3 is 0 Å². The van der Waals surface area contributed by atoms with Gasteiger partial charge in [0.05, 0.1) is 11.8 Å². The summed E-state index contributed by atoms with van der Waals surface area (Å²) >= 11 is 4.22. The molecule has 5 N–H and O–H groups in total. The van der Waals surface area contributed by atoms with Crippen LogP contribution in [0, 0.1) is 0 Å². The number of isothiocyanates is 1. The van der Waals surface area contributed by atoms with Crippen LogP contribution in [0.5, 0.6) is 0 Å². The summed E-state index contributed by atoms with van der Waals surface area (Å²) in [6, 6.07) is 0. The monoisotopic (exact) mass is 237 g/mol. The van der Waals surface area contributed by atoms with Crippen molar-refractivity contribution in [3.8, 4) is 0 Å². The lowest BCUT2D eigenvalue weighted by atomic mass is 9.94. The van der Waals surface area contributed by atoms with Crippen LogP contribution < -0.4 is 0 Å². The number of aliphatic hydroxyl groups is 5. The van der Waals surface area contributed by atoms with Crippen molar-refractivity contribution < 1.29 is 30.3 Å². The first-order chi connectivity index (χ1) is 6.97. The number of aliphatic imine (C=N–C) groups is 1. The van der Waals surface area contributed by atoms with Crippen LogP contribution in [0.25, 0.3) is 0 Å². The van der Waals surface area contributed by atoms with Gasteiger partial charge in [-0.2, -0.15) is 4.99 Å². The fourth-order valence-electron chi connectivity index (χ4n) is 1.29. The number of hydrogen-bond acceptors (Lipinski definition) is 8. The second-order valence-electron chi connectivity index (χ2n) is 3.13. The molecule has 0 aromatic heterocycles. The molecule has 0 saturated carbocycles. The zero-order valence-corrected chi connectivity index (χ0v) is 8.33. The third-order valence-corrected chi connectivity index (χ3v) is 2.30. The Morgan fingerprint density at radius 2 is 2.00 bits per heavy atom. The summed E-state index contributed by atoms with van der Waals surface area (Å²) in [5.74, 6) is 0. The Kier molecular flexibility index (Phi) is 3.87. The molecular formula is C7H11NO6S. The first-order valence-corrected chi connectivity index (χ1v) is 4.50. The molecule has 8 heteroatoms.